The molecule has 0 fully saturated rings. The molecule has 0 radical (unpaired) electrons. The summed E-state index contributed by atoms with van der Waals surface area (Å²) in [5, 5.41) is 3.23. The van der Waals surface area contributed by atoms with Gasteiger partial charge < -0.3 is 20.5 Å². The number of nitrogen functional groups attached to an aromatic ring is 1. The van der Waals surface area contributed by atoms with E-state index in [2.05, 4.69) is 10.3 Å². The maximum absolute atomic E-state index is 5.67. The van der Waals surface area contributed by atoms with E-state index in [1.807, 2.05) is 30.3 Å². The van der Waals surface area contributed by atoms with Crippen molar-refractivity contribution in [1.82, 2.24) is 4.98 Å². The first-order chi connectivity index (χ1) is 9.28. The minimum absolute atomic E-state index is 0.550. The highest BCUT2D eigenvalue weighted by atomic mass is 16.5. The van der Waals surface area contributed by atoms with Crippen molar-refractivity contribution in [3.63, 3.8) is 0 Å². The Hall–Kier alpha value is -2.43. The van der Waals surface area contributed by atoms with Gasteiger partial charge in [-0.05, 0) is 18.2 Å². The van der Waals surface area contributed by atoms with Crippen LogP contribution >= 0.6 is 0 Å². The molecule has 1 aromatic carbocycles. The van der Waals surface area contributed by atoms with E-state index in [4.69, 9.17) is 15.2 Å². The Labute approximate surface area is 112 Å². The van der Waals surface area contributed by atoms with Crippen LogP contribution in [0.2, 0.25) is 0 Å². The van der Waals surface area contributed by atoms with Crippen LogP contribution in [0.25, 0.3) is 0 Å². The van der Waals surface area contributed by atoms with Gasteiger partial charge in [-0.2, -0.15) is 0 Å². The Bertz CT molecular complexity index is 532. The molecule has 5 nitrogen and oxygen atoms in total. The SMILES string of the molecule is COc1cc(NCCOc2cccc(N)c2)ccn1. The molecule has 0 saturated heterocycles. The van der Waals surface area contributed by atoms with E-state index in [0.717, 1.165) is 11.4 Å². The van der Waals surface area contributed by atoms with Crippen molar-refractivity contribution < 1.29 is 9.47 Å². The molecule has 0 bridgehead atoms. The summed E-state index contributed by atoms with van der Waals surface area (Å²) in [6.45, 7) is 1.23. The van der Waals surface area contributed by atoms with Crippen LogP contribution in [0.1, 0.15) is 0 Å². The second-order valence-corrected chi connectivity index (χ2v) is 3.93. The van der Waals surface area contributed by atoms with Gasteiger partial charge in [-0.15, -0.1) is 0 Å². The monoisotopic (exact) mass is 259 g/mol. The number of hydrogen-bond acceptors (Lipinski definition) is 5. The Morgan fingerprint density at radius 1 is 1.26 bits per heavy atom. The second-order valence-electron chi connectivity index (χ2n) is 3.93. The van der Waals surface area contributed by atoms with E-state index in [9.17, 15) is 0 Å². The summed E-state index contributed by atoms with van der Waals surface area (Å²) in [7, 11) is 1.59. The zero-order valence-corrected chi connectivity index (χ0v) is 10.8. The molecule has 2 rings (SSSR count). The topological polar surface area (TPSA) is 69.4 Å². The molecular weight excluding hydrogens is 242 g/mol. The summed E-state index contributed by atoms with van der Waals surface area (Å²) in [5.74, 6) is 1.36. The van der Waals surface area contributed by atoms with Gasteiger partial charge in [-0.1, -0.05) is 6.07 Å². The average Bonchev–Trinajstić information content (AvgIpc) is 2.44. The molecule has 5 heteroatoms. The van der Waals surface area contributed by atoms with Crippen molar-refractivity contribution in [1.29, 1.82) is 0 Å². The summed E-state index contributed by atoms with van der Waals surface area (Å²) in [6, 6.07) is 11.1. The molecule has 0 spiro atoms. The lowest BCUT2D eigenvalue weighted by Crippen LogP contribution is -2.11. The van der Waals surface area contributed by atoms with Crippen LogP contribution in [0, 0.1) is 0 Å². The third kappa shape index (κ3) is 4.06. The van der Waals surface area contributed by atoms with Gasteiger partial charge in [0.25, 0.3) is 0 Å². The lowest BCUT2D eigenvalue weighted by atomic mass is 10.3. The van der Waals surface area contributed by atoms with E-state index in [-0.39, 0.29) is 0 Å². The molecule has 0 aliphatic heterocycles. The summed E-state index contributed by atoms with van der Waals surface area (Å²) >= 11 is 0. The first kappa shape index (κ1) is 13.0. The van der Waals surface area contributed by atoms with Gasteiger partial charge in [0.05, 0.1) is 7.11 Å². The first-order valence-corrected chi connectivity index (χ1v) is 6.00. The molecule has 2 aromatic rings. The highest BCUT2D eigenvalue weighted by Crippen LogP contribution is 2.15. The highest BCUT2D eigenvalue weighted by molar-refractivity contribution is 5.45. The molecule has 1 aromatic heterocycles. The summed E-state index contributed by atoms with van der Waals surface area (Å²) < 4.78 is 10.6. The Morgan fingerprint density at radius 2 is 2.16 bits per heavy atom. The van der Waals surface area contributed by atoms with Crippen molar-refractivity contribution >= 4 is 11.4 Å². The van der Waals surface area contributed by atoms with Crippen LogP contribution < -0.4 is 20.5 Å². The van der Waals surface area contributed by atoms with E-state index in [1.165, 1.54) is 0 Å². The molecule has 0 unspecified atom stereocenters. The Morgan fingerprint density at radius 3 is 2.95 bits per heavy atom. The van der Waals surface area contributed by atoms with Gasteiger partial charge in [-0.3, -0.25) is 0 Å². The van der Waals surface area contributed by atoms with Gasteiger partial charge in [0, 0.05) is 36.2 Å². The number of nitrogens with two attached hydrogens (primary N) is 1. The smallest absolute Gasteiger partial charge is 0.214 e. The van der Waals surface area contributed by atoms with E-state index in [1.54, 1.807) is 19.4 Å². The Balaban J connectivity index is 1.77. The molecule has 100 valence electrons. The normalized spacial score (nSPS) is 9.95. The fourth-order valence-electron chi connectivity index (χ4n) is 1.60. The summed E-state index contributed by atoms with van der Waals surface area (Å²) in [5.41, 5.74) is 7.32. The predicted octanol–water partition coefficient (Wildman–Crippen LogP) is 2.16. The maximum atomic E-state index is 5.67. The third-order valence-electron chi connectivity index (χ3n) is 2.50. The van der Waals surface area contributed by atoms with E-state index in [0.29, 0.717) is 24.7 Å². The minimum atomic E-state index is 0.550. The molecule has 1 heterocycles. The molecule has 0 aliphatic rings. The minimum Gasteiger partial charge on any atom is -0.492 e. The van der Waals surface area contributed by atoms with E-state index < -0.39 is 0 Å². The molecule has 0 amide bonds. The zero-order chi connectivity index (χ0) is 13.5. The highest BCUT2D eigenvalue weighted by Gasteiger charge is 1.97. The third-order valence-corrected chi connectivity index (χ3v) is 2.50. The number of aromatic nitrogens is 1. The van der Waals surface area contributed by atoms with Crippen LogP contribution in [-0.4, -0.2) is 25.2 Å². The predicted molar refractivity (Wildman–Crippen MR) is 75.6 cm³/mol. The zero-order valence-electron chi connectivity index (χ0n) is 10.8. The van der Waals surface area contributed by atoms with Gasteiger partial charge in [0.2, 0.25) is 5.88 Å². The van der Waals surface area contributed by atoms with E-state index >= 15 is 0 Å². The number of ether oxygens (including phenoxy) is 2. The fourth-order valence-corrected chi connectivity index (χ4v) is 1.60. The average molecular weight is 259 g/mol. The number of rotatable bonds is 6. The lowest BCUT2D eigenvalue weighted by molar-refractivity contribution is 0.333. The van der Waals surface area contributed by atoms with Gasteiger partial charge in [-0.25, -0.2) is 4.98 Å². The largest absolute Gasteiger partial charge is 0.492 e. The molecular formula is C14H17N3O2. The number of pyridine rings is 1. The lowest BCUT2D eigenvalue weighted by Gasteiger charge is -2.09. The number of nitrogens with one attached hydrogen (secondary N) is 1. The molecule has 0 atom stereocenters. The molecule has 3 N–H and O–H groups in total. The fraction of sp³-hybridized carbons (Fsp3) is 0.214. The van der Waals surface area contributed by atoms with Crippen molar-refractivity contribution in [2.24, 2.45) is 0 Å². The van der Waals surface area contributed by atoms with Gasteiger partial charge in [0.15, 0.2) is 0 Å². The van der Waals surface area contributed by atoms with Crippen LogP contribution in [0.15, 0.2) is 42.6 Å². The quantitative estimate of drug-likeness (QED) is 0.614. The molecule has 0 aliphatic carbocycles. The van der Waals surface area contributed by atoms with Crippen molar-refractivity contribution in [2.45, 2.75) is 0 Å². The molecule has 19 heavy (non-hydrogen) atoms. The number of benzene rings is 1. The summed E-state index contributed by atoms with van der Waals surface area (Å²) in [4.78, 5) is 4.04. The van der Waals surface area contributed by atoms with Crippen LogP contribution in [-0.2, 0) is 0 Å². The maximum Gasteiger partial charge on any atom is 0.214 e. The van der Waals surface area contributed by atoms with Crippen molar-refractivity contribution in [3.05, 3.63) is 42.6 Å². The number of hydrogen-bond donors (Lipinski definition) is 2. The van der Waals surface area contributed by atoms with Crippen molar-refractivity contribution in [3.8, 4) is 11.6 Å². The van der Waals surface area contributed by atoms with Crippen molar-refractivity contribution in [2.75, 3.05) is 31.3 Å². The van der Waals surface area contributed by atoms with Gasteiger partial charge >= 0.3 is 0 Å². The van der Waals surface area contributed by atoms with Gasteiger partial charge in [0.1, 0.15) is 12.4 Å². The second kappa shape index (κ2) is 6.49. The van der Waals surface area contributed by atoms with Crippen LogP contribution in [0.3, 0.4) is 0 Å². The Kier molecular flexibility index (Phi) is 4.44. The standard InChI is InChI=1S/C14H17N3O2/c1-18-14-10-12(5-6-17-14)16-7-8-19-13-4-2-3-11(15)9-13/h2-6,9-10H,7-8,15H2,1H3,(H,16,17). The number of anilines is 2. The summed E-state index contributed by atoms with van der Waals surface area (Å²) in [6.07, 6.45) is 1.69. The van der Waals surface area contributed by atoms with Crippen LogP contribution in [0.5, 0.6) is 11.6 Å². The first-order valence-electron chi connectivity index (χ1n) is 6.00. The number of methoxy groups -OCH3 is 1. The van der Waals surface area contributed by atoms with Crippen LogP contribution in [0.4, 0.5) is 11.4 Å². The molecule has 0 saturated carbocycles. The number of nitrogens with zero attached hydrogens (tertiary/aromatic N) is 1.